The summed E-state index contributed by atoms with van der Waals surface area (Å²) in [6.45, 7) is 2.56. The van der Waals surface area contributed by atoms with Crippen LogP contribution in [0.15, 0.2) is 11.3 Å². The monoisotopic (exact) mass is 472 g/mol. The summed E-state index contributed by atoms with van der Waals surface area (Å²) in [6, 6.07) is -1.25. The molecule has 2 amide bonds. The van der Waals surface area contributed by atoms with Crippen LogP contribution in [0.1, 0.15) is 33.1 Å². The normalized spacial score (nSPS) is 20.6. The number of aliphatic carboxylic acids is 2. The number of β-lactam (4-membered cyclic amide) rings is 1. The van der Waals surface area contributed by atoms with Crippen molar-refractivity contribution < 1.29 is 48.5 Å². The van der Waals surface area contributed by atoms with Crippen LogP contribution in [-0.2, 0) is 33.4 Å². The number of nitrogens with zero attached hydrogens (tertiary/aromatic N) is 1. The Balaban J connectivity index is 1.97. The SMILES string of the molecule is CCOC(=O)NC(CCCC(=O)[C@@H]1C(=O)N2C(C(=O)O)=C(COC(C)=O)CS[C@H]12)C(=O)O. The smallest absolute Gasteiger partial charge is 0.407 e. The average molecular weight is 472 g/mol. The van der Waals surface area contributed by atoms with Gasteiger partial charge in [-0.05, 0) is 19.8 Å². The molecule has 0 aromatic carbocycles. The van der Waals surface area contributed by atoms with Crippen LogP contribution in [0, 0.1) is 5.92 Å². The van der Waals surface area contributed by atoms with Crippen LogP contribution in [0.4, 0.5) is 4.79 Å². The van der Waals surface area contributed by atoms with Crippen LogP contribution in [0.3, 0.4) is 0 Å². The molecule has 1 unspecified atom stereocenters. The fraction of sp³-hybridized carbons (Fsp3) is 0.579. The highest BCUT2D eigenvalue weighted by atomic mass is 32.2. The molecule has 32 heavy (non-hydrogen) atoms. The van der Waals surface area contributed by atoms with Gasteiger partial charge in [0.1, 0.15) is 35.4 Å². The van der Waals surface area contributed by atoms with E-state index in [1.807, 2.05) is 0 Å². The van der Waals surface area contributed by atoms with Crippen molar-refractivity contribution in [3.8, 4) is 0 Å². The molecule has 0 aliphatic carbocycles. The molecule has 0 aromatic rings. The number of hydrogen-bond acceptors (Lipinski definition) is 9. The molecule has 0 spiro atoms. The molecule has 2 aliphatic heterocycles. The van der Waals surface area contributed by atoms with E-state index in [0.29, 0.717) is 0 Å². The maximum atomic E-state index is 12.6. The molecule has 3 atom stereocenters. The van der Waals surface area contributed by atoms with Gasteiger partial charge < -0.3 is 25.0 Å². The van der Waals surface area contributed by atoms with Crippen LogP contribution in [0.25, 0.3) is 0 Å². The van der Waals surface area contributed by atoms with E-state index in [1.165, 1.54) is 18.7 Å². The van der Waals surface area contributed by atoms with Crippen molar-refractivity contribution in [1.82, 2.24) is 10.2 Å². The van der Waals surface area contributed by atoms with E-state index in [2.05, 4.69) is 10.1 Å². The van der Waals surface area contributed by atoms with E-state index < -0.39 is 53.0 Å². The zero-order valence-electron chi connectivity index (χ0n) is 17.5. The first-order chi connectivity index (χ1) is 15.1. The summed E-state index contributed by atoms with van der Waals surface area (Å²) in [7, 11) is 0. The van der Waals surface area contributed by atoms with Gasteiger partial charge >= 0.3 is 24.0 Å². The second-order valence-corrected chi connectivity index (χ2v) is 8.14. The minimum atomic E-state index is -1.36. The Morgan fingerprint density at radius 3 is 2.47 bits per heavy atom. The van der Waals surface area contributed by atoms with Crippen LogP contribution in [-0.4, -0.2) is 81.2 Å². The predicted octanol–water partition coefficient (Wildman–Crippen LogP) is 0.358. The maximum Gasteiger partial charge on any atom is 0.407 e. The van der Waals surface area contributed by atoms with Gasteiger partial charge in [0.05, 0.1) is 6.61 Å². The number of amides is 2. The third kappa shape index (κ3) is 5.78. The first-order valence-corrected chi connectivity index (χ1v) is 10.9. The van der Waals surface area contributed by atoms with Gasteiger partial charge in [-0.15, -0.1) is 11.8 Å². The molecule has 3 N–H and O–H groups in total. The minimum absolute atomic E-state index is 0.0465. The maximum absolute atomic E-state index is 12.6. The Morgan fingerprint density at radius 1 is 1.22 bits per heavy atom. The average Bonchev–Trinajstić information content (AvgIpc) is 2.70. The Labute approximate surface area is 187 Å². The summed E-state index contributed by atoms with van der Waals surface area (Å²) in [6.07, 6.45) is -0.938. The number of ether oxygens (including phenoxy) is 2. The number of carbonyl (C=O) groups is 6. The largest absolute Gasteiger partial charge is 0.480 e. The molecule has 0 bridgehead atoms. The Kier molecular flexibility index (Phi) is 8.63. The predicted molar refractivity (Wildman–Crippen MR) is 108 cm³/mol. The molecule has 0 saturated carbocycles. The van der Waals surface area contributed by atoms with Crippen LogP contribution < -0.4 is 5.32 Å². The fourth-order valence-electron chi connectivity index (χ4n) is 3.36. The zero-order valence-corrected chi connectivity index (χ0v) is 18.3. The van der Waals surface area contributed by atoms with Crippen LogP contribution in [0.5, 0.6) is 0 Å². The van der Waals surface area contributed by atoms with Crippen LogP contribution >= 0.6 is 11.8 Å². The lowest BCUT2D eigenvalue weighted by Gasteiger charge is -2.48. The van der Waals surface area contributed by atoms with E-state index >= 15 is 0 Å². The third-order valence-corrected chi connectivity index (χ3v) is 6.17. The highest BCUT2D eigenvalue weighted by molar-refractivity contribution is 8.00. The molecule has 2 aliphatic rings. The summed E-state index contributed by atoms with van der Waals surface area (Å²) in [5, 5.41) is 20.2. The second kappa shape index (κ2) is 11.0. The first kappa shape index (κ1) is 25.2. The fourth-order valence-corrected chi connectivity index (χ4v) is 4.77. The van der Waals surface area contributed by atoms with Gasteiger partial charge in [0.25, 0.3) is 0 Å². The van der Waals surface area contributed by atoms with Crippen molar-refractivity contribution in [3.63, 3.8) is 0 Å². The molecule has 2 rings (SSSR count). The van der Waals surface area contributed by atoms with E-state index in [1.54, 1.807) is 6.92 Å². The van der Waals surface area contributed by atoms with Gasteiger partial charge in [0.15, 0.2) is 0 Å². The van der Waals surface area contributed by atoms with Gasteiger partial charge in [-0.25, -0.2) is 14.4 Å². The zero-order chi connectivity index (χ0) is 24.0. The third-order valence-electron chi connectivity index (χ3n) is 4.83. The number of ketones is 1. The molecule has 1 fully saturated rings. The number of thioether (sulfide) groups is 1. The lowest BCUT2D eigenvalue weighted by atomic mass is 9.88. The Bertz CT molecular complexity index is 855. The van der Waals surface area contributed by atoms with E-state index in [0.717, 1.165) is 4.90 Å². The van der Waals surface area contributed by atoms with Gasteiger partial charge in [-0.3, -0.25) is 19.3 Å². The topological polar surface area (TPSA) is 177 Å². The molecule has 13 heteroatoms. The van der Waals surface area contributed by atoms with Crippen molar-refractivity contribution in [1.29, 1.82) is 0 Å². The number of hydrogen-bond donors (Lipinski definition) is 3. The number of fused-ring (bicyclic) bond motifs is 1. The number of carboxylic acids is 2. The van der Waals surface area contributed by atoms with Gasteiger partial charge in [0.2, 0.25) is 5.91 Å². The molecule has 0 radical (unpaired) electrons. The second-order valence-electron chi connectivity index (χ2n) is 7.04. The molecule has 12 nitrogen and oxygen atoms in total. The van der Waals surface area contributed by atoms with Crippen molar-refractivity contribution in [3.05, 3.63) is 11.3 Å². The summed E-state index contributed by atoms with van der Waals surface area (Å²) in [5.74, 6) is -5.18. The molecule has 176 valence electrons. The first-order valence-electron chi connectivity index (χ1n) is 9.80. The minimum Gasteiger partial charge on any atom is -0.480 e. The number of carboxylic acid groups (broad SMARTS) is 2. The van der Waals surface area contributed by atoms with Crippen LogP contribution in [0.2, 0.25) is 0 Å². The summed E-state index contributed by atoms with van der Waals surface area (Å²) in [4.78, 5) is 71.6. The van der Waals surface area contributed by atoms with Gasteiger partial charge in [0, 0.05) is 24.7 Å². The Hall–Kier alpha value is -3.09. The number of rotatable bonds is 11. The van der Waals surface area contributed by atoms with Crippen molar-refractivity contribution >= 4 is 47.5 Å². The van der Waals surface area contributed by atoms with E-state index in [4.69, 9.17) is 4.74 Å². The number of Topliss-reactive ketones (excluding diaryl/α,β-unsaturated/α-hetero) is 1. The summed E-state index contributed by atoms with van der Waals surface area (Å²) in [5.41, 5.74) is -0.0174. The number of alkyl carbamates (subject to hydrolysis) is 1. The number of nitrogens with one attached hydrogen (secondary N) is 1. The highest BCUT2D eigenvalue weighted by Gasteiger charge is 2.56. The van der Waals surface area contributed by atoms with E-state index in [9.17, 15) is 39.0 Å². The molecule has 0 aromatic heterocycles. The molecular formula is C19H24N2O10S. The van der Waals surface area contributed by atoms with E-state index in [-0.39, 0.29) is 49.5 Å². The lowest BCUT2D eigenvalue weighted by Crippen LogP contribution is -2.64. The number of esters is 1. The standard InChI is InChI=1S/C19H24N2O10S/c1-3-30-19(29)20-11(17(25)26)5-4-6-12(23)13-15(24)21-14(18(27)28)10(7-31-9(2)22)8-32-16(13)21/h11,13,16H,3-8H2,1-2H3,(H,20,29)(H,25,26)(H,27,28)/t11?,13-,16-/m1/s1. The summed E-state index contributed by atoms with van der Waals surface area (Å²) < 4.78 is 9.49. The van der Waals surface area contributed by atoms with Gasteiger partial charge in [-0.2, -0.15) is 0 Å². The molecule has 1 saturated heterocycles. The quantitative estimate of drug-likeness (QED) is 0.215. The van der Waals surface area contributed by atoms with Crippen molar-refractivity contribution in [2.24, 2.45) is 5.92 Å². The van der Waals surface area contributed by atoms with Crippen molar-refractivity contribution in [2.45, 2.75) is 44.5 Å². The Morgan fingerprint density at radius 2 is 1.91 bits per heavy atom. The number of carbonyl (C=O) groups excluding carboxylic acids is 4. The molecular weight excluding hydrogens is 448 g/mol. The lowest BCUT2D eigenvalue weighted by molar-refractivity contribution is -0.157. The van der Waals surface area contributed by atoms with Gasteiger partial charge in [-0.1, -0.05) is 0 Å². The highest BCUT2D eigenvalue weighted by Crippen LogP contribution is 2.44. The summed E-state index contributed by atoms with van der Waals surface area (Å²) >= 11 is 1.20. The van der Waals surface area contributed by atoms with Crippen molar-refractivity contribution in [2.75, 3.05) is 19.0 Å². The molecule has 2 heterocycles.